The summed E-state index contributed by atoms with van der Waals surface area (Å²) in [6.45, 7) is 2.94. The number of nitrogens with zero attached hydrogens (tertiary/aromatic N) is 5. The summed E-state index contributed by atoms with van der Waals surface area (Å²) in [4.78, 5) is 16.9. The summed E-state index contributed by atoms with van der Waals surface area (Å²) >= 11 is 7.47. The zero-order valence-electron chi connectivity index (χ0n) is 16.6. The first-order valence-corrected chi connectivity index (χ1v) is 11.0. The molecule has 1 amide bonds. The summed E-state index contributed by atoms with van der Waals surface area (Å²) in [6, 6.07) is 15.5. The Labute approximate surface area is 184 Å². The van der Waals surface area contributed by atoms with E-state index in [1.54, 1.807) is 13.4 Å². The lowest BCUT2D eigenvalue weighted by Gasteiger charge is -2.36. The maximum atomic E-state index is 12.7. The first kappa shape index (κ1) is 20.6. The Bertz CT molecular complexity index is 1020. The molecule has 2 heterocycles. The smallest absolute Gasteiger partial charge is 0.233 e. The van der Waals surface area contributed by atoms with E-state index < -0.39 is 0 Å². The zero-order chi connectivity index (χ0) is 20.9. The lowest BCUT2D eigenvalue weighted by Crippen LogP contribution is -2.49. The maximum Gasteiger partial charge on any atom is 0.233 e. The van der Waals surface area contributed by atoms with Gasteiger partial charge in [-0.25, -0.2) is 0 Å². The Morgan fingerprint density at radius 3 is 2.70 bits per heavy atom. The lowest BCUT2D eigenvalue weighted by atomic mass is 10.2. The van der Waals surface area contributed by atoms with E-state index in [4.69, 9.17) is 16.3 Å². The number of carbonyl (C=O) groups is 1. The van der Waals surface area contributed by atoms with Gasteiger partial charge in [-0.1, -0.05) is 41.6 Å². The number of carbonyl (C=O) groups excluding carboxylic acids is 1. The Hall–Kier alpha value is -2.71. The standard InChI is InChI=1S/C21H22ClN5O2S/c1-29-19-8-3-2-7-18(19)27-15-23-24-21(27)30-14-20(28)26-11-9-25(10-12-26)17-6-4-5-16(22)13-17/h2-8,13,15H,9-12,14H2,1H3. The number of aromatic nitrogens is 3. The molecular formula is C21H22ClN5O2S. The van der Waals surface area contributed by atoms with Crippen molar-refractivity contribution in [1.29, 1.82) is 0 Å². The molecule has 0 unspecified atom stereocenters. The predicted octanol–water partition coefficient (Wildman–Crippen LogP) is 3.37. The molecule has 7 nitrogen and oxygen atoms in total. The Morgan fingerprint density at radius 1 is 1.13 bits per heavy atom. The van der Waals surface area contributed by atoms with Crippen LogP contribution >= 0.6 is 23.4 Å². The molecule has 1 aliphatic heterocycles. The molecule has 1 fully saturated rings. The third-order valence-corrected chi connectivity index (χ3v) is 6.15. The summed E-state index contributed by atoms with van der Waals surface area (Å²) < 4.78 is 7.27. The lowest BCUT2D eigenvalue weighted by molar-refractivity contribution is -0.128. The van der Waals surface area contributed by atoms with E-state index in [2.05, 4.69) is 15.1 Å². The van der Waals surface area contributed by atoms with E-state index >= 15 is 0 Å². The molecule has 30 heavy (non-hydrogen) atoms. The van der Waals surface area contributed by atoms with Crippen LogP contribution in [-0.4, -0.2) is 64.6 Å². The summed E-state index contributed by atoms with van der Waals surface area (Å²) in [6.07, 6.45) is 1.63. The molecule has 2 aromatic carbocycles. The minimum Gasteiger partial charge on any atom is -0.495 e. The number of halogens is 1. The minimum atomic E-state index is 0.0975. The average molecular weight is 444 g/mol. The topological polar surface area (TPSA) is 63.5 Å². The van der Waals surface area contributed by atoms with Gasteiger partial charge in [-0.2, -0.15) is 0 Å². The monoisotopic (exact) mass is 443 g/mol. The highest BCUT2D eigenvalue weighted by Gasteiger charge is 2.22. The van der Waals surface area contributed by atoms with E-state index in [1.165, 1.54) is 11.8 Å². The maximum absolute atomic E-state index is 12.7. The number of amides is 1. The second-order valence-corrected chi connectivity index (χ2v) is 8.17. The molecule has 0 saturated carbocycles. The van der Waals surface area contributed by atoms with Gasteiger partial charge in [0.2, 0.25) is 5.91 Å². The highest BCUT2D eigenvalue weighted by Crippen LogP contribution is 2.27. The van der Waals surface area contributed by atoms with Gasteiger partial charge >= 0.3 is 0 Å². The molecule has 0 atom stereocenters. The van der Waals surface area contributed by atoms with E-state index in [0.717, 1.165) is 35.2 Å². The van der Waals surface area contributed by atoms with Crippen molar-refractivity contribution in [2.75, 3.05) is 43.9 Å². The fraction of sp³-hybridized carbons (Fsp3) is 0.286. The third-order valence-electron chi connectivity index (χ3n) is 4.99. The SMILES string of the molecule is COc1ccccc1-n1cnnc1SCC(=O)N1CCN(c2cccc(Cl)c2)CC1. The van der Waals surface area contributed by atoms with Gasteiger partial charge in [0.1, 0.15) is 12.1 Å². The number of hydrogen-bond donors (Lipinski definition) is 0. The zero-order valence-corrected chi connectivity index (χ0v) is 18.1. The second-order valence-electron chi connectivity index (χ2n) is 6.79. The average Bonchev–Trinajstić information content (AvgIpc) is 3.26. The number of para-hydroxylation sites is 2. The van der Waals surface area contributed by atoms with Crippen molar-refractivity contribution >= 4 is 35.0 Å². The van der Waals surface area contributed by atoms with E-state index in [-0.39, 0.29) is 5.91 Å². The van der Waals surface area contributed by atoms with Gasteiger partial charge in [-0.05, 0) is 30.3 Å². The highest BCUT2D eigenvalue weighted by atomic mass is 35.5. The fourth-order valence-electron chi connectivity index (χ4n) is 3.42. The van der Waals surface area contributed by atoms with Crippen LogP contribution in [0.25, 0.3) is 5.69 Å². The van der Waals surface area contributed by atoms with Crippen molar-refractivity contribution in [3.05, 3.63) is 59.9 Å². The van der Waals surface area contributed by atoms with Crippen LogP contribution in [0.15, 0.2) is 60.0 Å². The summed E-state index contributed by atoms with van der Waals surface area (Å²) in [5.74, 6) is 1.13. The van der Waals surface area contributed by atoms with Gasteiger partial charge in [-0.3, -0.25) is 9.36 Å². The first-order valence-electron chi connectivity index (χ1n) is 9.60. The second kappa shape index (κ2) is 9.40. The van der Waals surface area contributed by atoms with Gasteiger partial charge in [0.05, 0.1) is 18.6 Å². The number of rotatable bonds is 6. The number of benzene rings is 2. The van der Waals surface area contributed by atoms with E-state index in [9.17, 15) is 4.79 Å². The van der Waals surface area contributed by atoms with Crippen LogP contribution < -0.4 is 9.64 Å². The fourth-order valence-corrected chi connectivity index (χ4v) is 4.43. The van der Waals surface area contributed by atoms with Gasteiger partial charge in [0.15, 0.2) is 5.16 Å². The first-order chi connectivity index (χ1) is 14.7. The molecule has 3 aromatic rings. The molecule has 1 saturated heterocycles. The van der Waals surface area contributed by atoms with Crippen LogP contribution in [0, 0.1) is 0 Å². The quantitative estimate of drug-likeness (QED) is 0.544. The van der Waals surface area contributed by atoms with Crippen LogP contribution in [0.5, 0.6) is 5.75 Å². The summed E-state index contributed by atoms with van der Waals surface area (Å²) in [5, 5.41) is 9.56. The Kier molecular flexibility index (Phi) is 6.44. The van der Waals surface area contributed by atoms with Crippen molar-refractivity contribution in [2.45, 2.75) is 5.16 Å². The van der Waals surface area contributed by atoms with Crippen LogP contribution in [0.2, 0.25) is 5.02 Å². The number of methoxy groups -OCH3 is 1. The van der Waals surface area contributed by atoms with Crippen molar-refractivity contribution in [2.24, 2.45) is 0 Å². The van der Waals surface area contributed by atoms with Crippen molar-refractivity contribution in [3.8, 4) is 11.4 Å². The molecule has 4 rings (SSSR count). The number of anilines is 1. The predicted molar refractivity (Wildman–Crippen MR) is 119 cm³/mol. The minimum absolute atomic E-state index is 0.0975. The largest absolute Gasteiger partial charge is 0.495 e. The van der Waals surface area contributed by atoms with Crippen molar-refractivity contribution in [3.63, 3.8) is 0 Å². The van der Waals surface area contributed by atoms with Crippen LogP contribution in [0.1, 0.15) is 0 Å². The number of hydrogen-bond acceptors (Lipinski definition) is 6. The summed E-state index contributed by atoms with van der Waals surface area (Å²) in [7, 11) is 1.63. The molecule has 1 aromatic heterocycles. The van der Waals surface area contributed by atoms with Crippen LogP contribution in [0.4, 0.5) is 5.69 Å². The molecule has 0 N–H and O–H groups in total. The van der Waals surface area contributed by atoms with Gasteiger partial charge in [0, 0.05) is 36.9 Å². The molecule has 0 aliphatic carbocycles. The van der Waals surface area contributed by atoms with Crippen molar-refractivity contribution in [1.82, 2.24) is 19.7 Å². The van der Waals surface area contributed by atoms with Gasteiger partial charge < -0.3 is 14.5 Å². The Balaban J connectivity index is 1.35. The normalized spacial score (nSPS) is 14.1. The third kappa shape index (κ3) is 4.55. The number of ether oxygens (including phenoxy) is 1. The van der Waals surface area contributed by atoms with Crippen molar-refractivity contribution < 1.29 is 9.53 Å². The molecular weight excluding hydrogens is 422 g/mol. The molecule has 156 valence electrons. The molecule has 0 spiro atoms. The van der Waals surface area contributed by atoms with Crippen LogP contribution in [0.3, 0.4) is 0 Å². The number of thioether (sulfide) groups is 1. The van der Waals surface area contributed by atoms with Gasteiger partial charge in [0.25, 0.3) is 0 Å². The summed E-state index contributed by atoms with van der Waals surface area (Å²) in [5.41, 5.74) is 1.93. The van der Waals surface area contributed by atoms with Gasteiger partial charge in [-0.15, -0.1) is 10.2 Å². The number of piperazine rings is 1. The Morgan fingerprint density at radius 2 is 1.93 bits per heavy atom. The molecule has 9 heteroatoms. The highest BCUT2D eigenvalue weighted by molar-refractivity contribution is 7.99. The molecule has 1 aliphatic rings. The van der Waals surface area contributed by atoms with E-state index in [0.29, 0.717) is 24.0 Å². The van der Waals surface area contributed by atoms with E-state index in [1.807, 2.05) is 58.0 Å². The van der Waals surface area contributed by atoms with Crippen LogP contribution in [-0.2, 0) is 4.79 Å². The molecule has 0 radical (unpaired) electrons. The molecule has 0 bridgehead atoms.